The van der Waals surface area contributed by atoms with Crippen molar-refractivity contribution in [2.24, 2.45) is 0 Å². The monoisotopic (exact) mass is 343 g/mol. The molecular formula is C15H19Cl2N3S. The van der Waals surface area contributed by atoms with Gasteiger partial charge in [0.05, 0.1) is 5.01 Å². The smallest absolute Gasteiger partial charge is 0.0897 e. The molecule has 2 aromatic rings. The molecule has 0 amide bonds. The molecule has 21 heavy (non-hydrogen) atoms. The van der Waals surface area contributed by atoms with Gasteiger partial charge in [-0.25, -0.2) is 4.98 Å². The second kappa shape index (κ2) is 7.56. The van der Waals surface area contributed by atoms with Gasteiger partial charge in [-0.2, -0.15) is 0 Å². The summed E-state index contributed by atoms with van der Waals surface area (Å²) in [7, 11) is 0. The van der Waals surface area contributed by atoms with Crippen LogP contribution in [0.25, 0.3) is 0 Å². The van der Waals surface area contributed by atoms with Crippen LogP contribution in [0.4, 0.5) is 0 Å². The molecule has 1 atom stereocenters. The molecule has 0 bridgehead atoms. The molecule has 3 nitrogen and oxygen atoms in total. The largest absolute Gasteiger partial charge is 0.314 e. The van der Waals surface area contributed by atoms with Crippen molar-refractivity contribution in [3.8, 4) is 0 Å². The van der Waals surface area contributed by atoms with Crippen molar-refractivity contribution in [2.45, 2.75) is 19.5 Å². The number of nitrogens with zero attached hydrogens (tertiary/aromatic N) is 2. The number of hydrogen-bond acceptors (Lipinski definition) is 4. The Morgan fingerprint density at radius 3 is 2.95 bits per heavy atom. The minimum absolute atomic E-state index is 0. The Labute approximate surface area is 140 Å². The zero-order valence-electron chi connectivity index (χ0n) is 11.9. The first kappa shape index (κ1) is 16.7. The summed E-state index contributed by atoms with van der Waals surface area (Å²) in [5.74, 6) is 0. The first-order chi connectivity index (χ1) is 9.74. The lowest BCUT2D eigenvalue weighted by molar-refractivity contribution is 0.155. The van der Waals surface area contributed by atoms with Crippen LogP contribution in [-0.4, -0.2) is 29.5 Å². The fraction of sp³-hybridized carbons (Fsp3) is 0.400. The van der Waals surface area contributed by atoms with E-state index in [-0.39, 0.29) is 12.4 Å². The summed E-state index contributed by atoms with van der Waals surface area (Å²) in [6.45, 7) is 6.01. The maximum atomic E-state index is 6.37. The predicted molar refractivity (Wildman–Crippen MR) is 91.6 cm³/mol. The fourth-order valence-corrected chi connectivity index (χ4v) is 3.75. The quantitative estimate of drug-likeness (QED) is 0.921. The van der Waals surface area contributed by atoms with Gasteiger partial charge in [0.1, 0.15) is 0 Å². The molecule has 0 saturated carbocycles. The molecule has 1 unspecified atom stereocenters. The van der Waals surface area contributed by atoms with Crippen LogP contribution >= 0.6 is 35.3 Å². The molecule has 1 N–H and O–H groups in total. The molecule has 114 valence electrons. The van der Waals surface area contributed by atoms with Gasteiger partial charge in [0.25, 0.3) is 0 Å². The van der Waals surface area contributed by atoms with Gasteiger partial charge in [-0.05, 0) is 18.6 Å². The van der Waals surface area contributed by atoms with Crippen LogP contribution in [0.15, 0.2) is 30.5 Å². The highest BCUT2D eigenvalue weighted by Gasteiger charge is 2.25. The van der Waals surface area contributed by atoms with E-state index < -0.39 is 0 Å². The summed E-state index contributed by atoms with van der Waals surface area (Å²) in [6.07, 6.45) is 1.99. The van der Waals surface area contributed by atoms with Crippen LogP contribution in [0, 0.1) is 6.92 Å². The van der Waals surface area contributed by atoms with Crippen LogP contribution in [0.2, 0.25) is 5.02 Å². The summed E-state index contributed by atoms with van der Waals surface area (Å²) >= 11 is 8.14. The van der Waals surface area contributed by atoms with E-state index in [4.69, 9.17) is 11.6 Å². The number of hydrogen-bond donors (Lipinski definition) is 1. The number of thiazole rings is 1. The number of rotatable bonds is 3. The Bertz CT molecular complexity index is 588. The van der Waals surface area contributed by atoms with E-state index in [1.807, 2.05) is 18.3 Å². The number of halogens is 2. The van der Waals surface area contributed by atoms with E-state index >= 15 is 0 Å². The van der Waals surface area contributed by atoms with E-state index in [1.54, 1.807) is 11.3 Å². The van der Waals surface area contributed by atoms with Gasteiger partial charge < -0.3 is 5.32 Å². The molecule has 1 saturated heterocycles. The number of benzene rings is 1. The van der Waals surface area contributed by atoms with Crippen molar-refractivity contribution in [1.29, 1.82) is 0 Å². The third-order valence-electron chi connectivity index (χ3n) is 3.65. The van der Waals surface area contributed by atoms with Gasteiger partial charge in [0.2, 0.25) is 0 Å². The lowest BCUT2D eigenvalue weighted by Gasteiger charge is -2.36. The van der Waals surface area contributed by atoms with Gasteiger partial charge in [0, 0.05) is 48.3 Å². The molecule has 0 radical (unpaired) electrons. The lowest BCUT2D eigenvalue weighted by Crippen LogP contribution is -2.45. The SMILES string of the molecule is Cc1ncc(CN2CCNCC2c2ccccc2Cl)s1.Cl. The zero-order valence-corrected chi connectivity index (χ0v) is 14.3. The van der Waals surface area contributed by atoms with E-state index in [2.05, 4.69) is 34.3 Å². The normalized spacial score (nSPS) is 19.2. The first-order valence-corrected chi connectivity index (χ1v) is 8.04. The number of piperazine rings is 1. The molecule has 6 heteroatoms. The average molecular weight is 344 g/mol. The molecule has 3 rings (SSSR count). The minimum Gasteiger partial charge on any atom is -0.314 e. The fourth-order valence-electron chi connectivity index (χ4n) is 2.67. The van der Waals surface area contributed by atoms with Gasteiger partial charge in [-0.3, -0.25) is 4.90 Å². The topological polar surface area (TPSA) is 28.2 Å². The Morgan fingerprint density at radius 2 is 2.24 bits per heavy atom. The molecule has 0 aliphatic carbocycles. The van der Waals surface area contributed by atoms with Gasteiger partial charge >= 0.3 is 0 Å². The maximum absolute atomic E-state index is 6.37. The standard InChI is InChI=1S/C15H18ClN3S.ClH/c1-11-18-8-12(20-11)10-19-7-6-17-9-15(19)13-4-2-3-5-14(13)16;/h2-5,8,15,17H,6-7,9-10H2,1H3;1H. The lowest BCUT2D eigenvalue weighted by atomic mass is 10.0. The van der Waals surface area contributed by atoms with Gasteiger partial charge in [-0.15, -0.1) is 23.7 Å². The molecule has 2 heterocycles. The second-order valence-corrected chi connectivity index (χ2v) is 6.78. The molecule has 1 aromatic carbocycles. The van der Waals surface area contributed by atoms with E-state index in [9.17, 15) is 0 Å². The summed E-state index contributed by atoms with van der Waals surface area (Å²) in [6, 6.07) is 8.48. The number of aromatic nitrogens is 1. The van der Waals surface area contributed by atoms with Crippen LogP contribution in [0.1, 0.15) is 21.5 Å². The molecule has 1 aliphatic heterocycles. The Balaban J connectivity index is 0.00000161. The predicted octanol–water partition coefficient (Wildman–Crippen LogP) is 3.67. The van der Waals surface area contributed by atoms with Crippen molar-refractivity contribution in [3.63, 3.8) is 0 Å². The van der Waals surface area contributed by atoms with Crippen LogP contribution in [0.3, 0.4) is 0 Å². The van der Waals surface area contributed by atoms with Crippen molar-refractivity contribution < 1.29 is 0 Å². The van der Waals surface area contributed by atoms with Gasteiger partial charge in [0.15, 0.2) is 0 Å². The highest BCUT2D eigenvalue weighted by atomic mass is 35.5. The van der Waals surface area contributed by atoms with Crippen molar-refractivity contribution in [1.82, 2.24) is 15.2 Å². The number of aryl methyl sites for hydroxylation is 1. The average Bonchev–Trinajstić information content (AvgIpc) is 2.86. The molecule has 1 aromatic heterocycles. The van der Waals surface area contributed by atoms with Crippen LogP contribution in [-0.2, 0) is 6.54 Å². The van der Waals surface area contributed by atoms with Crippen molar-refractivity contribution >= 4 is 35.3 Å². The number of nitrogens with one attached hydrogen (secondary N) is 1. The van der Waals surface area contributed by atoms with Crippen molar-refractivity contribution in [2.75, 3.05) is 19.6 Å². The van der Waals surface area contributed by atoms with E-state index in [1.165, 1.54) is 10.4 Å². The Kier molecular flexibility index (Phi) is 6.02. The highest BCUT2D eigenvalue weighted by Crippen LogP contribution is 2.30. The summed E-state index contributed by atoms with van der Waals surface area (Å²) in [4.78, 5) is 8.16. The Morgan fingerprint density at radius 1 is 1.43 bits per heavy atom. The summed E-state index contributed by atoms with van der Waals surface area (Å²) in [5, 5.41) is 5.45. The first-order valence-electron chi connectivity index (χ1n) is 6.84. The third-order valence-corrected chi connectivity index (χ3v) is 4.89. The van der Waals surface area contributed by atoms with Gasteiger partial charge in [-0.1, -0.05) is 29.8 Å². The second-order valence-electron chi connectivity index (χ2n) is 5.06. The highest BCUT2D eigenvalue weighted by molar-refractivity contribution is 7.11. The van der Waals surface area contributed by atoms with E-state index in [0.717, 1.165) is 36.2 Å². The van der Waals surface area contributed by atoms with E-state index in [0.29, 0.717) is 6.04 Å². The summed E-state index contributed by atoms with van der Waals surface area (Å²) in [5.41, 5.74) is 1.21. The molecular weight excluding hydrogens is 325 g/mol. The maximum Gasteiger partial charge on any atom is 0.0897 e. The molecule has 1 fully saturated rings. The molecule has 1 aliphatic rings. The zero-order chi connectivity index (χ0) is 13.9. The summed E-state index contributed by atoms with van der Waals surface area (Å²) < 4.78 is 0. The minimum atomic E-state index is 0. The van der Waals surface area contributed by atoms with Crippen LogP contribution < -0.4 is 5.32 Å². The van der Waals surface area contributed by atoms with Crippen LogP contribution in [0.5, 0.6) is 0 Å². The van der Waals surface area contributed by atoms with Crippen molar-refractivity contribution in [3.05, 3.63) is 50.9 Å². The Hall–Kier alpha value is -0.650. The third kappa shape index (κ3) is 3.96. The molecule has 0 spiro atoms.